The zero-order chi connectivity index (χ0) is 15.5. The van der Waals surface area contributed by atoms with Crippen LogP contribution in [0.2, 0.25) is 0 Å². The lowest BCUT2D eigenvalue weighted by atomic mass is 9.80. The van der Waals surface area contributed by atoms with Crippen LogP contribution in [0.1, 0.15) is 30.3 Å². The van der Waals surface area contributed by atoms with Crippen molar-refractivity contribution in [2.75, 3.05) is 19.6 Å². The highest BCUT2D eigenvalue weighted by Crippen LogP contribution is 2.30. The van der Waals surface area contributed by atoms with Crippen molar-refractivity contribution in [2.45, 2.75) is 19.8 Å². The van der Waals surface area contributed by atoms with Crippen molar-refractivity contribution in [2.24, 2.45) is 5.41 Å². The zero-order valence-electron chi connectivity index (χ0n) is 11.8. The Hall–Kier alpha value is -2.31. The van der Waals surface area contributed by atoms with Gasteiger partial charge in [0.15, 0.2) is 5.76 Å². The molecule has 2 N–H and O–H groups in total. The molecule has 0 saturated carbocycles. The van der Waals surface area contributed by atoms with E-state index in [1.54, 1.807) is 17.9 Å². The molecule has 0 spiro atoms. The molecule has 0 aliphatic carbocycles. The molecule has 1 fully saturated rings. The van der Waals surface area contributed by atoms with E-state index in [1.165, 1.54) is 12.3 Å². The summed E-state index contributed by atoms with van der Waals surface area (Å²) in [5.74, 6) is -1.34. The highest BCUT2D eigenvalue weighted by molar-refractivity contribution is 5.94. The van der Waals surface area contributed by atoms with Crippen LogP contribution in [-0.2, 0) is 9.59 Å². The van der Waals surface area contributed by atoms with Crippen LogP contribution in [0, 0.1) is 5.41 Å². The number of hydrogen-bond donors (Lipinski definition) is 2. The number of aliphatic carboxylic acids is 1. The van der Waals surface area contributed by atoms with Crippen molar-refractivity contribution in [1.29, 1.82) is 0 Å². The summed E-state index contributed by atoms with van der Waals surface area (Å²) in [7, 11) is 0. The number of carboxylic acids is 1. The van der Waals surface area contributed by atoms with Crippen molar-refractivity contribution in [1.82, 2.24) is 10.2 Å². The van der Waals surface area contributed by atoms with Crippen LogP contribution in [0.3, 0.4) is 0 Å². The van der Waals surface area contributed by atoms with Gasteiger partial charge in [-0.05, 0) is 31.9 Å². The number of carbonyl (C=O) groups is 3. The number of furan rings is 1. The van der Waals surface area contributed by atoms with E-state index in [1.807, 2.05) is 0 Å². The van der Waals surface area contributed by atoms with E-state index in [0.29, 0.717) is 25.9 Å². The van der Waals surface area contributed by atoms with Crippen LogP contribution in [0.4, 0.5) is 0 Å². The van der Waals surface area contributed by atoms with Crippen molar-refractivity contribution in [3.05, 3.63) is 24.2 Å². The maximum atomic E-state index is 12.0. The van der Waals surface area contributed by atoms with Gasteiger partial charge in [0.2, 0.25) is 5.91 Å². The number of likely N-dealkylation sites (tertiary alicyclic amines) is 1. The zero-order valence-corrected chi connectivity index (χ0v) is 11.8. The summed E-state index contributed by atoms with van der Waals surface area (Å²) in [6, 6.07) is 3.10. The quantitative estimate of drug-likeness (QED) is 0.852. The number of carbonyl (C=O) groups excluding carboxylic acids is 2. The monoisotopic (exact) mass is 294 g/mol. The first kappa shape index (κ1) is 15.1. The van der Waals surface area contributed by atoms with Gasteiger partial charge in [0.05, 0.1) is 18.2 Å². The molecular weight excluding hydrogens is 276 g/mol. The van der Waals surface area contributed by atoms with Gasteiger partial charge in [0.25, 0.3) is 5.91 Å². The molecule has 1 aliphatic heterocycles. The Bertz CT molecular complexity index is 530. The summed E-state index contributed by atoms with van der Waals surface area (Å²) in [5, 5.41) is 11.6. The molecule has 0 aromatic carbocycles. The van der Waals surface area contributed by atoms with Gasteiger partial charge in [-0.2, -0.15) is 0 Å². The molecule has 2 amide bonds. The van der Waals surface area contributed by atoms with Crippen molar-refractivity contribution >= 4 is 17.8 Å². The highest BCUT2D eigenvalue weighted by atomic mass is 16.4. The maximum absolute atomic E-state index is 12.0. The van der Waals surface area contributed by atoms with Crippen LogP contribution >= 0.6 is 0 Å². The minimum absolute atomic E-state index is 0.122. The van der Waals surface area contributed by atoms with Crippen LogP contribution in [0.5, 0.6) is 0 Å². The van der Waals surface area contributed by atoms with Gasteiger partial charge in [-0.1, -0.05) is 0 Å². The van der Waals surface area contributed by atoms with Gasteiger partial charge in [-0.3, -0.25) is 14.4 Å². The fourth-order valence-electron chi connectivity index (χ4n) is 2.23. The third-order valence-corrected chi connectivity index (χ3v) is 3.88. The fourth-order valence-corrected chi connectivity index (χ4v) is 2.23. The van der Waals surface area contributed by atoms with Crippen molar-refractivity contribution < 1.29 is 23.9 Å². The number of rotatable bonds is 4. The van der Waals surface area contributed by atoms with Gasteiger partial charge in [-0.25, -0.2) is 0 Å². The fraction of sp³-hybridized carbons (Fsp3) is 0.500. The molecule has 0 bridgehead atoms. The maximum Gasteiger partial charge on any atom is 0.309 e. The molecule has 1 aliphatic rings. The average molecular weight is 294 g/mol. The topological polar surface area (TPSA) is 99.9 Å². The van der Waals surface area contributed by atoms with E-state index in [2.05, 4.69) is 5.32 Å². The lowest BCUT2D eigenvalue weighted by Gasteiger charge is -2.36. The average Bonchev–Trinajstić information content (AvgIpc) is 2.99. The van der Waals surface area contributed by atoms with Gasteiger partial charge in [0, 0.05) is 13.1 Å². The smallest absolute Gasteiger partial charge is 0.309 e. The van der Waals surface area contributed by atoms with Crippen LogP contribution in [-0.4, -0.2) is 47.4 Å². The predicted octanol–water partition coefficient (Wildman–Crippen LogP) is 0.723. The molecule has 7 nitrogen and oxygen atoms in total. The molecule has 1 aromatic heterocycles. The minimum Gasteiger partial charge on any atom is -0.481 e. The van der Waals surface area contributed by atoms with E-state index in [4.69, 9.17) is 9.52 Å². The third kappa shape index (κ3) is 3.42. The highest BCUT2D eigenvalue weighted by Gasteiger charge is 2.37. The molecule has 114 valence electrons. The number of hydrogen-bond acceptors (Lipinski definition) is 4. The Balaban J connectivity index is 1.80. The van der Waals surface area contributed by atoms with Crippen molar-refractivity contribution in [3.8, 4) is 0 Å². The Morgan fingerprint density at radius 3 is 2.57 bits per heavy atom. The third-order valence-electron chi connectivity index (χ3n) is 3.88. The van der Waals surface area contributed by atoms with E-state index < -0.39 is 17.3 Å². The second-order valence-corrected chi connectivity index (χ2v) is 5.41. The molecule has 0 atom stereocenters. The molecule has 1 aromatic rings. The normalized spacial score (nSPS) is 17.3. The van der Waals surface area contributed by atoms with Crippen LogP contribution in [0.15, 0.2) is 22.8 Å². The number of nitrogens with zero attached hydrogens (tertiary/aromatic N) is 1. The second kappa shape index (κ2) is 5.99. The standard InChI is InChI=1S/C14H18N2O5/c1-14(13(19)20)4-6-16(7-5-14)11(17)9-15-12(18)10-3-2-8-21-10/h2-3,8H,4-7,9H2,1H3,(H,15,18)(H,19,20). The summed E-state index contributed by atoms with van der Waals surface area (Å²) in [5.41, 5.74) is -0.770. The molecule has 0 unspecified atom stereocenters. The summed E-state index contributed by atoms with van der Waals surface area (Å²) in [4.78, 5) is 36.3. The second-order valence-electron chi connectivity index (χ2n) is 5.41. The Kier molecular flexibility index (Phi) is 4.30. The Morgan fingerprint density at radius 1 is 1.38 bits per heavy atom. The molecule has 0 radical (unpaired) electrons. The minimum atomic E-state index is -0.833. The SMILES string of the molecule is CC1(C(=O)O)CCN(C(=O)CNC(=O)c2ccco2)CC1. The predicted molar refractivity (Wildman–Crippen MR) is 72.6 cm³/mol. The first-order chi connectivity index (χ1) is 9.92. The van der Waals surface area contributed by atoms with Crippen LogP contribution < -0.4 is 5.32 Å². The van der Waals surface area contributed by atoms with Gasteiger partial charge >= 0.3 is 5.97 Å². The Labute approximate surface area is 121 Å². The van der Waals surface area contributed by atoms with E-state index in [0.717, 1.165) is 0 Å². The van der Waals surface area contributed by atoms with Gasteiger partial charge in [-0.15, -0.1) is 0 Å². The molecule has 2 rings (SSSR count). The Morgan fingerprint density at radius 2 is 2.05 bits per heavy atom. The van der Waals surface area contributed by atoms with E-state index in [-0.39, 0.29) is 18.2 Å². The summed E-state index contributed by atoms with van der Waals surface area (Å²) in [6.45, 7) is 2.34. The lowest BCUT2D eigenvalue weighted by Crippen LogP contribution is -2.48. The van der Waals surface area contributed by atoms with E-state index in [9.17, 15) is 14.4 Å². The van der Waals surface area contributed by atoms with Gasteiger partial charge < -0.3 is 19.7 Å². The number of amides is 2. The largest absolute Gasteiger partial charge is 0.481 e. The van der Waals surface area contributed by atoms with Crippen LogP contribution in [0.25, 0.3) is 0 Å². The molecule has 2 heterocycles. The molecular formula is C14H18N2O5. The molecule has 7 heteroatoms. The summed E-state index contributed by atoms with van der Waals surface area (Å²) >= 11 is 0. The van der Waals surface area contributed by atoms with Crippen molar-refractivity contribution in [3.63, 3.8) is 0 Å². The molecule has 21 heavy (non-hydrogen) atoms. The number of nitrogens with one attached hydrogen (secondary N) is 1. The number of carboxylic acid groups (broad SMARTS) is 1. The summed E-state index contributed by atoms with van der Waals surface area (Å²) in [6.07, 6.45) is 2.22. The van der Waals surface area contributed by atoms with E-state index >= 15 is 0 Å². The van der Waals surface area contributed by atoms with Gasteiger partial charge in [0.1, 0.15) is 0 Å². The number of piperidine rings is 1. The summed E-state index contributed by atoms with van der Waals surface area (Å²) < 4.78 is 4.92. The molecule has 1 saturated heterocycles. The lowest BCUT2D eigenvalue weighted by molar-refractivity contribution is -0.152. The first-order valence-corrected chi connectivity index (χ1v) is 6.75. The first-order valence-electron chi connectivity index (χ1n) is 6.75.